The third-order valence-corrected chi connectivity index (χ3v) is 4.06. The molecule has 1 aromatic rings. The Hall–Kier alpha value is -2.38. The molecule has 0 unspecified atom stereocenters. The van der Waals surface area contributed by atoms with Crippen molar-refractivity contribution >= 4 is 18.0 Å². The summed E-state index contributed by atoms with van der Waals surface area (Å²) in [6.07, 6.45) is 5.71. The Bertz CT molecular complexity index is 670. The Kier molecular flexibility index (Phi) is 5.68. The van der Waals surface area contributed by atoms with Gasteiger partial charge < -0.3 is 9.47 Å². The van der Waals surface area contributed by atoms with E-state index < -0.39 is 34.7 Å². The summed E-state index contributed by atoms with van der Waals surface area (Å²) >= 11 is 0. The van der Waals surface area contributed by atoms with Gasteiger partial charge in [0.1, 0.15) is 17.5 Å². The molecule has 27 heavy (non-hydrogen) atoms. The van der Waals surface area contributed by atoms with Gasteiger partial charge in [-0.15, -0.1) is 0 Å². The number of carbonyl (C=O) groups is 3. The lowest BCUT2D eigenvalue weighted by molar-refractivity contribution is -0.188. The Morgan fingerprint density at radius 1 is 0.963 bits per heavy atom. The van der Waals surface area contributed by atoms with Crippen LogP contribution in [0.2, 0.25) is 0 Å². The zero-order valence-electron chi connectivity index (χ0n) is 16.9. The first-order chi connectivity index (χ1) is 12.4. The standard InChI is InChI=1S/C19H29N3O5/c1-17(2,3)26-14(23)19(15(24)27-18(4,5)6)9-7-8-11-22(19)16(25)21-12-10-20-13-21/h10,12-13H,7-9,11H2,1-6H3. The van der Waals surface area contributed by atoms with Crippen molar-refractivity contribution < 1.29 is 23.9 Å². The molecule has 1 saturated heterocycles. The van der Waals surface area contributed by atoms with Crippen LogP contribution in [0.25, 0.3) is 0 Å². The molecule has 0 radical (unpaired) electrons. The van der Waals surface area contributed by atoms with Crippen molar-refractivity contribution in [1.29, 1.82) is 0 Å². The molecule has 1 aliphatic rings. The highest BCUT2D eigenvalue weighted by Crippen LogP contribution is 2.34. The van der Waals surface area contributed by atoms with Crippen LogP contribution in [-0.4, -0.2) is 55.7 Å². The van der Waals surface area contributed by atoms with Crippen LogP contribution in [0.3, 0.4) is 0 Å². The lowest BCUT2D eigenvalue weighted by Gasteiger charge is -2.44. The monoisotopic (exact) mass is 379 g/mol. The van der Waals surface area contributed by atoms with Crippen LogP contribution in [0.1, 0.15) is 60.8 Å². The van der Waals surface area contributed by atoms with Crippen LogP contribution < -0.4 is 0 Å². The predicted molar refractivity (Wildman–Crippen MR) is 98.0 cm³/mol. The van der Waals surface area contributed by atoms with E-state index in [1.54, 1.807) is 41.5 Å². The van der Waals surface area contributed by atoms with E-state index in [-0.39, 0.29) is 13.0 Å². The summed E-state index contributed by atoms with van der Waals surface area (Å²) in [5.41, 5.74) is -3.44. The number of nitrogens with zero attached hydrogens (tertiary/aromatic N) is 3. The van der Waals surface area contributed by atoms with Gasteiger partial charge in [-0.25, -0.2) is 19.4 Å². The fourth-order valence-corrected chi connectivity index (χ4v) is 2.98. The molecule has 0 spiro atoms. The molecule has 1 amide bonds. The number of piperidine rings is 1. The molecule has 0 N–H and O–H groups in total. The van der Waals surface area contributed by atoms with Gasteiger partial charge in [-0.3, -0.25) is 9.47 Å². The number of hydrogen-bond donors (Lipinski definition) is 0. The van der Waals surface area contributed by atoms with Crippen LogP contribution in [0, 0.1) is 0 Å². The number of imidazole rings is 1. The molecule has 2 heterocycles. The lowest BCUT2D eigenvalue weighted by atomic mass is 9.86. The minimum absolute atomic E-state index is 0.150. The molecule has 2 rings (SSSR count). The van der Waals surface area contributed by atoms with Crippen LogP contribution in [-0.2, 0) is 19.1 Å². The average molecular weight is 379 g/mol. The molecule has 1 aliphatic heterocycles. The molecular weight excluding hydrogens is 350 g/mol. The molecule has 0 aliphatic carbocycles. The number of rotatable bonds is 2. The van der Waals surface area contributed by atoms with Crippen LogP contribution in [0.4, 0.5) is 4.79 Å². The maximum Gasteiger partial charge on any atom is 0.344 e. The number of amides is 1. The fraction of sp³-hybridized carbons (Fsp3) is 0.684. The first kappa shape index (κ1) is 20.9. The second-order valence-corrected chi connectivity index (χ2v) is 8.73. The van der Waals surface area contributed by atoms with Crippen LogP contribution in [0.5, 0.6) is 0 Å². The topological polar surface area (TPSA) is 90.7 Å². The van der Waals surface area contributed by atoms with E-state index in [2.05, 4.69) is 4.98 Å². The third kappa shape index (κ3) is 4.67. The smallest absolute Gasteiger partial charge is 0.344 e. The van der Waals surface area contributed by atoms with E-state index in [0.29, 0.717) is 12.8 Å². The fourth-order valence-electron chi connectivity index (χ4n) is 2.98. The summed E-state index contributed by atoms with van der Waals surface area (Å²) in [5.74, 6) is -1.53. The summed E-state index contributed by atoms with van der Waals surface area (Å²) in [4.78, 5) is 44.6. The van der Waals surface area contributed by atoms with E-state index in [1.165, 1.54) is 28.2 Å². The highest BCUT2D eigenvalue weighted by Gasteiger charge is 2.58. The van der Waals surface area contributed by atoms with E-state index in [1.807, 2.05) is 0 Å². The van der Waals surface area contributed by atoms with Gasteiger partial charge in [0, 0.05) is 18.9 Å². The van der Waals surface area contributed by atoms with Gasteiger partial charge in [-0.2, -0.15) is 0 Å². The zero-order valence-corrected chi connectivity index (χ0v) is 16.9. The Labute approximate surface area is 159 Å². The summed E-state index contributed by atoms with van der Waals surface area (Å²) in [5, 5.41) is 0. The van der Waals surface area contributed by atoms with Crippen molar-refractivity contribution in [1.82, 2.24) is 14.5 Å². The molecule has 8 heteroatoms. The van der Waals surface area contributed by atoms with E-state index in [9.17, 15) is 14.4 Å². The number of hydrogen-bond acceptors (Lipinski definition) is 6. The predicted octanol–water partition coefficient (Wildman–Crippen LogP) is 2.76. The first-order valence-corrected chi connectivity index (χ1v) is 9.14. The molecule has 0 atom stereocenters. The SMILES string of the molecule is CC(C)(C)OC(=O)C1(C(=O)OC(C)(C)C)CCCCN1C(=O)n1ccnc1. The van der Waals surface area contributed by atoms with Gasteiger partial charge in [0.05, 0.1) is 0 Å². The molecule has 1 fully saturated rings. The number of likely N-dealkylation sites (tertiary alicyclic amines) is 1. The Morgan fingerprint density at radius 2 is 1.52 bits per heavy atom. The highest BCUT2D eigenvalue weighted by atomic mass is 16.6. The van der Waals surface area contributed by atoms with Gasteiger partial charge in [-0.1, -0.05) is 0 Å². The molecule has 1 aromatic heterocycles. The minimum Gasteiger partial charge on any atom is -0.458 e. The number of aromatic nitrogens is 2. The Morgan fingerprint density at radius 3 is 1.96 bits per heavy atom. The second-order valence-electron chi connectivity index (χ2n) is 8.73. The van der Waals surface area contributed by atoms with Gasteiger partial charge in [0.15, 0.2) is 0 Å². The molecule has 8 nitrogen and oxygen atoms in total. The van der Waals surface area contributed by atoms with Gasteiger partial charge in [0.2, 0.25) is 5.54 Å². The highest BCUT2D eigenvalue weighted by molar-refractivity contribution is 6.08. The summed E-state index contributed by atoms with van der Waals surface area (Å²) in [6, 6.07) is -0.510. The van der Waals surface area contributed by atoms with E-state index >= 15 is 0 Å². The second kappa shape index (κ2) is 7.32. The largest absolute Gasteiger partial charge is 0.458 e. The summed E-state index contributed by atoms with van der Waals surface area (Å²) < 4.78 is 12.4. The van der Waals surface area contributed by atoms with Crippen molar-refractivity contribution in [3.05, 3.63) is 18.7 Å². The van der Waals surface area contributed by atoms with Gasteiger partial charge >= 0.3 is 18.0 Å². The molecule has 0 aromatic carbocycles. The minimum atomic E-state index is -1.82. The number of carbonyl (C=O) groups excluding carboxylic acids is 3. The average Bonchev–Trinajstić information content (AvgIpc) is 3.05. The molecule has 150 valence electrons. The first-order valence-electron chi connectivity index (χ1n) is 9.14. The quantitative estimate of drug-likeness (QED) is 0.580. The zero-order chi connectivity index (χ0) is 20.5. The third-order valence-electron chi connectivity index (χ3n) is 4.06. The lowest BCUT2D eigenvalue weighted by Crippen LogP contribution is -2.67. The number of esters is 2. The van der Waals surface area contributed by atoms with Crippen molar-refractivity contribution in [2.24, 2.45) is 0 Å². The van der Waals surface area contributed by atoms with Gasteiger partial charge in [-0.05, 0) is 60.8 Å². The van der Waals surface area contributed by atoms with E-state index in [4.69, 9.17) is 9.47 Å². The van der Waals surface area contributed by atoms with Crippen molar-refractivity contribution in [3.8, 4) is 0 Å². The Balaban J connectivity index is 2.51. The normalized spacial score (nSPS) is 17.3. The maximum atomic E-state index is 13.2. The van der Waals surface area contributed by atoms with Crippen LogP contribution >= 0.6 is 0 Å². The summed E-state index contributed by atoms with van der Waals surface area (Å²) in [7, 11) is 0. The maximum absolute atomic E-state index is 13.2. The van der Waals surface area contributed by atoms with Crippen molar-refractivity contribution in [3.63, 3.8) is 0 Å². The van der Waals surface area contributed by atoms with Crippen molar-refractivity contribution in [2.75, 3.05) is 6.54 Å². The molecular formula is C19H29N3O5. The van der Waals surface area contributed by atoms with Gasteiger partial charge in [0.25, 0.3) is 0 Å². The molecule has 0 bridgehead atoms. The van der Waals surface area contributed by atoms with Crippen molar-refractivity contribution in [2.45, 2.75) is 77.5 Å². The summed E-state index contributed by atoms with van der Waals surface area (Å²) in [6.45, 7) is 10.6. The van der Waals surface area contributed by atoms with E-state index in [0.717, 1.165) is 0 Å². The molecule has 0 saturated carbocycles. The van der Waals surface area contributed by atoms with Crippen LogP contribution in [0.15, 0.2) is 18.7 Å². The number of ether oxygens (including phenoxy) is 2.